The normalized spacial score (nSPS) is 14.7. The van der Waals surface area contributed by atoms with Gasteiger partial charge in [0.2, 0.25) is 0 Å². The number of thiocarbonyl (C=S) groups is 1. The zero-order valence-corrected chi connectivity index (χ0v) is 17.0. The first-order valence-electron chi connectivity index (χ1n) is 8.06. The van der Waals surface area contributed by atoms with Crippen LogP contribution in [0.25, 0.3) is 6.08 Å². The number of benzene rings is 2. The van der Waals surface area contributed by atoms with Crippen molar-refractivity contribution in [2.75, 3.05) is 19.0 Å². The van der Waals surface area contributed by atoms with Gasteiger partial charge in [-0.3, -0.25) is 9.59 Å². The number of carbonyl (C=O) groups is 2. The Morgan fingerprint density at radius 1 is 1.25 bits per heavy atom. The van der Waals surface area contributed by atoms with Crippen LogP contribution in [0.2, 0.25) is 5.02 Å². The van der Waals surface area contributed by atoms with Crippen molar-refractivity contribution in [3.05, 3.63) is 58.0 Å². The van der Waals surface area contributed by atoms with Crippen LogP contribution >= 0.6 is 35.6 Å². The van der Waals surface area contributed by atoms with Crippen LogP contribution in [0.3, 0.4) is 0 Å². The molecule has 0 aromatic heterocycles. The van der Waals surface area contributed by atoms with E-state index in [0.717, 1.165) is 17.3 Å². The van der Waals surface area contributed by atoms with Crippen molar-refractivity contribution >= 4 is 63.5 Å². The highest BCUT2D eigenvalue weighted by molar-refractivity contribution is 8.19. The molecular formula is C19H15ClN2O4S2. The lowest BCUT2D eigenvalue weighted by molar-refractivity contribution is -0.118. The molecule has 0 unspecified atom stereocenters. The Morgan fingerprint density at radius 3 is 2.64 bits per heavy atom. The predicted octanol–water partition coefficient (Wildman–Crippen LogP) is 4.49. The molecule has 28 heavy (non-hydrogen) atoms. The van der Waals surface area contributed by atoms with Crippen LogP contribution in [-0.2, 0) is 4.79 Å². The van der Waals surface area contributed by atoms with Crippen molar-refractivity contribution in [3.8, 4) is 11.5 Å². The molecule has 2 aromatic carbocycles. The summed E-state index contributed by atoms with van der Waals surface area (Å²) in [5.74, 6) is 0.571. The van der Waals surface area contributed by atoms with Gasteiger partial charge in [0.25, 0.3) is 11.1 Å². The van der Waals surface area contributed by atoms with E-state index < -0.39 is 0 Å². The standard InChI is InChI=1S/C19H15ClN2O4S2/c1-25-15-8-11(9-16-18(27)22-19(24)28-16)2-7-14(15)26-10-17(23)21-13-5-3-12(20)4-6-13/h2-9H,10H2,1H3,(H,21,23)(H,22,24,27)/b16-9+. The van der Waals surface area contributed by atoms with E-state index in [2.05, 4.69) is 10.6 Å². The lowest BCUT2D eigenvalue weighted by Crippen LogP contribution is -2.20. The molecule has 0 radical (unpaired) electrons. The Bertz CT molecular complexity index is 961. The molecule has 3 rings (SSSR count). The Hall–Kier alpha value is -2.55. The number of rotatable bonds is 6. The largest absolute Gasteiger partial charge is 0.493 e. The highest BCUT2D eigenvalue weighted by atomic mass is 35.5. The van der Waals surface area contributed by atoms with Crippen LogP contribution in [0, 0.1) is 0 Å². The number of thioether (sulfide) groups is 1. The second kappa shape index (κ2) is 9.09. The lowest BCUT2D eigenvalue weighted by Gasteiger charge is -2.12. The Kier molecular flexibility index (Phi) is 6.56. The third-order valence-electron chi connectivity index (χ3n) is 3.61. The van der Waals surface area contributed by atoms with E-state index >= 15 is 0 Å². The van der Waals surface area contributed by atoms with Gasteiger partial charge in [-0.2, -0.15) is 0 Å². The molecule has 2 N–H and O–H groups in total. The summed E-state index contributed by atoms with van der Waals surface area (Å²) >= 11 is 12.0. The smallest absolute Gasteiger partial charge is 0.289 e. The molecule has 9 heteroatoms. The van der Waals surface area contributed by atoms with Gasteiger partial charge in [-0.1, -0.05) is 29.9 Å². The molecule has 2 amide bonds. The van der Waals surface area contributed by atoms with Crippen LogP contribution in [0.5, 0.6) is 11.5 Å². The fourth-order valence-corrected chi connectivity index (χ4v) is 3.50. The molecule has 1 fully saturated rings. The van der Waals surface area contributed by atoms with E-state index in [4.69, 9.17) is 33.3 Å². The quantitative estimate of drug-likeness (QED) is 0.515. The highest BCUT2D eigenvalue weighted by Crippen LogP contribution is 2.31. The third-order valence-corrected chi connectivity index (χ3v) is 5.15. The molecule has 0 atom stereocenters. The molecule has 1 saturated heterocycles. The summed E-state index contributed by atoms with van der Waals surface area (Å²) in [6, 6.07) is 12.0. The number of carbonyl (C=O) groups excluding carboxylic acids is 2. The van der Waals surface area contributed by atoms with Gasteiger partial charge in [0.15, 0.2) is 18.1 Å². The van der Waals surface area contributed by atoms with Gasteiger partial charge in [-0.05, 0) is 59.8 Å². The minimum Gasteiger partial charge on any atom is -0.493 e. The summed E-state index contributed by atoms with van der Waals surface area (Å²) in [7, 11) is 1.51. The Balaban J connectivity index is 1.64. The van der Waals surface area contributed by atoms with Crippen molar-refractivity contribution < 1.29 is 19.1 Å². The van der Waals surface area contributed by atoms with Gasteiger partial charge in [0.05, 0.1) is 12.0 Å². The van der Waals surface area contributed by atoms with E-state index in [0.29, 0.717) is 32.1 Å². The van der Waals surface area contributed by atoms with Crippen molar-refractivity contribution in [1.29, 1.82) is 0 Å². The van der Waals surface area contributed by atoms with Gasteiger partial charge in [0, 0.05) is 10.7 Å². The third kappa shape index (κ3) is 5.25. The number of amides is 2. The van der Waals surface area contributed by atoms with Crippen molar-refractivity contribution in [2.45, 2.75) is 0 Å². The van der Waals surface area contributed by atoms with Crippen molar-refractivity contribution in [1.82, 2.24) is 5.32 Å². The summed E-state index contributed by atoms with van der Waals surface area (Å²) in [6.07, 6.45) is 1.78. The maximum atomic E-state index is 12.1. The van der Waals surface area contributed by atoms with Crippen LogP contribution < -0.4 is 20.1 Å². The number of hydrogen-bond donors (Lipinski definition) is 2. The van der Waals surface area contributed by atoms with Crippen LogP contribution in [0.15, 0.2) is 47.4 Å². The first kappa shape index (κ1) is 20.2. The minimum atomic E-state index is -0.312. The van der Waals surface area contributed by atoms with E-state index in [1.807, 2.05) is 0 Å². The van der Waals surface area contributed by atoms with Gasteiger partial charge in [0.1, 0.15) is 4.99 Å². The zero-order valence-electron chi connectivity index (χ0n) is 14.7. The Labute approximate surface area is 176 Å². The van der Waals surface area contributed by atoms with Crippen molar-refractivity contribution in [2.24, 2.45) is 0 Å². The van der Waals surface area contributed by atoms with Gasteiger partial charge >= 0.3 is 0 Å². The predicted molar refractivity (Wildman–Crippen MR) is 115 cm³/mol. The topological polar surface area (TPSA) is 76.7 Å². The first-order chi connectivity index (χ1) is 13.4. The fourth-order valence-electron chi connectivity index (χ4n) is 2.34. The molecule has 6 nitrogen and oxygen atoms in total. The van der Waals surface area contributed by atoms with Crippen LogP contribution in [0.1, 0.15) is 5.56 Å². The first-order valence-corrected chi connectivity index (χ1v) is 9.66. The number of methoxy groups -OCH3 is 1. The zero-order chi connectivity index (χ0) is 20.1. The number of nitrogens with one attached hydrogen (secondary N) is 2. The van der Waals surface area contributed by atoms with E-state index in [-0.39, 0.29) is 17.8 Å². The van der Waals surface area contributed by atoms with Gasteiger partial charge in [-0.15, -0.1) is 0 Å². The minimum absolute atomic E-state index is 0.183. The van der Waals surface area contributed by atoms with E-state index in [9.17, 15) is 9.59 Å². The second-order valence-corrected chi connectivity index (χ2v) is 7.47. The van der Waals surface area contributed by atoms with Crippen LogP contribution in [0.4, 0.5) is 10.5 Å². The van der Waals surface area contributed by atoms with E-state index in [1.54, 1.807) is 48.5 Å². The fraction of sp³-hybridized carbons (Fsp3) is 0.105. The summed E-state index contributed by atoms with van der Waals surface area (Å²) < 4.78 is 10.9. The lowest BCUT2D eigenvalue weighted by atomic mass is 10.2. The van der Waals surface area contributed by atoms with Crippen molar-refractivity contribution in [3.63, 3.8) is 0 Å². The monoisotopic (exact) mass is 434 g/mol. The molecule has 144 valence electrons. The average molecular weight is 435 g/mol. The molecule has 0 aliphatic carbocycles. The summed E-state index contributed by atoms with van der Waals surface area (Å²) in [4.78, 5) is 24.5. The second-order valence-electron chi connectivity index (χ2n) is 5.61. The Morgan fingerprint density at radius 2 is 2.00 bits per heavy atom. The maximum Gasteiger partial charge on any atom is 0.289 e. The number of ether oxygens (including phenoxy) is 2. The van der Waals surface area contributed by atoms with E-state index in [1.165, 1.54) is 7.11 Å². The van der Waals surface area contributed by atoms with Gasteiger partial charge < -0.3 is 20.1 Å². The molecule has 0 bridgehead atoms. The molecule has 1 heterocycles. The molecule has 1 aliphatic heterocycles. The molecular weight excluding hydrogens is 420 g/mol. The number of anilines is 1. The van der Waals surface area contributed by atoms with Crippen LogP contribution in [-0.4, -0.2) is 29.9 Å². The maximum absolute atomic E-state index is 12.1. The molecule has 0 spiro atoms. The SMILES string of the molecule is COc1cc(/C=C2/SC(=O)NC2=S)ccc1OCC(=O)Nc1ccc(Cl)cc1. The summed E-state index contributed by atoms with van der Waals surface area (Å²) in [5.41, 5.74) is 1.41. The summed E-state index contributed by atoms with van der Waals surface area (Å²) in [6.45, 7) is -0.183. The number of halogens is 1. The summed E-state index contributed by atoms with van der Waals surface area (Å²) in [5, 5.41) is 5.67. The molecule has 1 aliphatic rings. The van der Waals surface area contributed by atoms with Gasteiger partial charge in [-0.25, -0.2) is 0 Å². The number of hydrogen-bond acceptors (Lipinski definition) is 6. The molecule has 2 aromatic rings. The average Bonchev–Trinajstić information content (AvgIpc) is 2.99. The highest BCUT2D eigenvalue weighted by Gasteiger charge is 2.21. The molecule has 0 saturated carbocycles.